The van der Waals surface area contributed by atoms with Crippen molar-refractivity contribution < 1.29 is 21.8 Å². The van der Waals surface area contributed by atoms with Gasteiger partial charge in [0.2, 0.25) is 0 Å². The van der Waals surface area contributed by atoms with Crippen LogP contribution in [-0.4, -0.2) is 27.0 Å². The number of aromatic carboxylic acids is 1. The van der Waals surface area contributed by atoms with E-state index in [9.17, 15) is 14.0 Å². The highest BCUT2D eigenvalue weighted by atomic mass is 19.1. The second-order valence-electron chi connectivity index (χ2n) is 3.68. The third-order valence-corrected chi connectivity index (χ3v) is 2.28. The van der Waals surface area contributed by atoms with Crippen LogP contribution in [0, 0.1) is 5.82 Å². The van der Waals surface area contributed by atoms with Gasteiger partial charge >= 0.3 is 5.97 Å². The molecule has 0 fully saturated rings. The quantitative estimate of drug-likeness (QED) is 0.877. The van der Waals surface area contributed by atoms with Gasteiger partial charge in [-0.25, -0.2) is 19.2 Å². The van der Waals surface area contributed by atoms with E-state index in [0.29, 0.717) is 0 Å². The zero-order valence-electron chi connectivity index (χ0n) is 12.0. The average Bonchev–Trinajstić information content (AvgIpc) is 2.47. The molecular formula is C13H10FN3O3. The van der Waals surface area contributed by atoms with Crippen molar-refractivity contribution in [1.29, 1.82) is 0 Å². The van der Waals surface area contributed by atoms with E-state index in [-0.39, 0.29) is 17.0 Å². The number of hydrogen-bond donors (Lipinski definition) is 2. The number of halogens is 1. The molecule has 1 amide bonds. The number of carboxylic acids is 1. The van der Waals surface area contributed by atoms with Crippen LogP contribution < -0.4 is 5.32 Å². The number of aromatic nitrogens is 2. The van der Waals surface area contributed by atoms with Gasteiger partial charge in [0.25, 0.3) is 5.91 Å². The van der Waals surface area contributed by atoms with Crippen LogP contribution in [0.5, 0.6) is 0 Å². The molecule has 102 valence electrons. The fraction of sp³-hybridized carbons (Fsp3) is 0.0769. The van der Waals surface area contributed by atoms with Crippen LogP contribution in [0.3, 0.4) is 0 Å². The van der Waals surface area contributed by atoms with Gasteiger partial charge in [0.15, 0.2) is 5.69 Å². The third kappa shape index (κ3) is 3.35. The molecule has 2 aromatic rings. The average molecular weight is 277 g/mol. The van der Waals surface area contributed by atoms with E-state index >= 15 is 0 Å². The first-order chi connectivity index (χ1) is 10.3. The normalized spacial score (nSPS) is 12.2. The maximum Gasteiger partial charge on any atom is 0.354 e. The Morgan fingerprint density at radius 1 is 1.25 bits per heavy atom. The van der Waals surface area contributed by atoms with Crippen molar-refractivity contribution >= 4 is 11.9 Å². The maximum atomic E-state index is 12.8. The third-order valence-electron chi connectivity index (χ3n) is 2.28. The van der Waals surface area contributed by atoms with E-state index in [4.69, 9.17) is 7.85 Å². The fourth-order valence-corrected chi connectivity index (χ4v) is 1.32. The Labute approximate surface area is 116 Å². The SMILES string of the molecule is [2H]C([2H])(NC(=O)c1cc(C(=O)O)ncn1)c1ccc(F)cc1. The molecule has 1 aromatic carbocycles. The molecule has 2 N–H and O–H groups in total. The lowest BCUT2D eigenvalue weighted by Crippen LogP contribution is -2.24. The first kappa shape index (κ1) is 11.0. The number of amides is 1. The molecule has 2 rings (SSSR count). The number of hydrogen-bond acceptors (Lipinski definition) is 4. The lowest BCUT2D eigenvalue weighted by molar-refractivity contribution is 0.0690. The predicted molar refractivity (Wildman–Crippen MR) is 66.6 cm³/mol. The van der Waals surface area contributed by atoms with Crippen molar-refractivity contribution in [3.05, 3.63) is 59.4 Å². The second-order valence-corrected chi connectivity index (χ2v) is 3.68. The van der Waals surface area contributed by atoms with Gasteiger partial charge < -0.3 is 10.4 Å². The van der Waals surface area contributed by atoms with Gasteiger partial charge in [0, 0.05) is 12.6 Å². The Kier molecular flexibility index (Phi) is 3.24. The summed E-state index contributed by atoms with van der Waals surface area (Å²) in [6.45, 7) is -2.28. The van der Waals surface area contributed by atoms with Gasteiger partial charge in [0.1, 0.15) is 17.8 Å². The Bertz CT molecular complexity index is 723. The van der Waals surface area contributed by atoms with Crippen LogP contribution in [0.1, 0.15) is 29.3 Å². The van der Waals surface area contributed by atoms with Gasteiger partial charge in [-0.1, -0.05) is 12.1 Å². The lowest BCUT2D eigenvalue weighted by atomic mass is 10.2. The zero-order valence-corrected chi connectivity index (χ0v) is 10.0. The summed E-state index contributed by atoms with van der Waals surface area (Å²) in [5, 5.41) is 10.9. The molecule has 0 aliphatic rings. The molecule has 7 heteroatoms. The number of benzene rings is 1. The summed E-state index contributed by atoms with van der Waals surface area (Å²) >= 11 is 0. The molecule has 0 aliphatic carbocycles. The summed E-state index contributed by atoms with van der Waals surface area (Å²) in [4.78, 5) is 29.8. The van der Waals surface area contributed by atoms with Gasteiger partial charge in [-0.15, -0.1) is 0 Å². The summed E-state index contributed by atoms with van der Waals surface area (Å²) in [6.07, 6.45) is 0.895. The second kappa shape index (κ2) is 5.87. The molecule has 0 bridgehead atoms. The molecule has 0 unspecified atom stereocenters. The molecule has 1 heterocycles. The zero-order chi connectivity index (χ0) is 16.3. The Morgan fingerprint density at radius 2 is 1.90 bits per heavy atom. The molecular weight excluding hydrogens is 265 g/mol. The number of carbonyl (C=O) groups is 2. The molecule has 6 nitrogen and oxygen atoms in total. The topological polar surface area (TPSA) is 92.2 Å². The van der Waals surface area contributed by atoms with Crippen LogP contribution in [0.15, 0.2) is 36.7 Å². The Balaban J connectivity index is 2.22. The molecule has 0 saturated carbocycles. The highest BCUT2D eigenvalue weighted by Crippen LogP contribution is 2.03. The van der Waals surface area contributed by atoms with E-state index in [1.165, 1.54) is 12.1 Å². The van der Waals surface area contributed by atoms with E-state index in [0.717, 1.165) is 24.5 Å². The summed E-state index contributed by atoms with van der Waals surface area (Å²) in [6, 6.07) is 5.44. The Morgan fingerprint density at radius 3 is 2.55 bits per heavy atom. The van der Waals surface area contributed by atoms with Crippen molar-refractivity contribution in [1.82, 2.24) is 15.3 Å². The van der Waals surface area contributed by atoms with Crippen LogP contribution in [-0.2, 0) is 6.50 Å². The standard InChI is InChI=1S/C13H10FN3O3/c14-9-3-1-8(2-4-9)6-15-12(18)10-5-11(13(19)20)17-7-16-10/h1-5,7H,6H2,(H,15,18)(H,19,20)/i6D2. The van der Waals surface area contributed by atoms with Crippen molar-refractivity contribution in [3.8, 4) is 0 Å². The smallest absolute Gasteiger partial charge is 0.354 e. The highest BCUT2D eigenvalue weighted by Gasteiger charge is 2.11. The maximum absolute atomic E-state index is 12.8. The van der Waals surface area contributed by atoms with Gasteiger partial charge in [-0.2, -0.15) is 0 Å². The number of rotatable bonds is 4. The first-order valence-electron chi connectivity index (χ1n) is 6.43. The molecule has 0 atom stereocenters. The molecule has 0 radical (unpaired) electrons. The molecule has 0 aliphatic heterocycles. The molecule has 20 heavy (non-hydrogen) atoms. The minimum atomic E-state index is -2.28. The summed E-state index contributed by atoms with van der Waals surface area (Å²) in [5.41, 5.74) is -0.643. The number of nitrogens with one attached hydrogen (secondary N) is 1. The highest BCUT2D eigenvalue weighted by molar-refractivity contribution is 5.94. The van der Waals surface area contributed by atoms with Gasteiger partial charge in [0.05, 0.1) is 2.74 Å². The van der Waals surface area contributed by atoms with Crippen molar-refractivity contribution in [2.45, 2.75) is 6.50 Å². The molecule has 0 spiro atoms. The molecule has 1 aromatic heterocycles. The van der Waals surface area contributed by atoms with Crippen molar-refractivity contribution in [3.63, 3.8) is 0 Å². The Hall–Kier alpha value is -2.83. The number of carbonyl (C=O) groups excluding carboxylic acids is 1. The van der Waals surface area contributed by atoms with Crippen molar-refractivity contribution in [2.75, 3.05) is 0 Å². The van der Waals surface area contributed by atoms with Gasteiger partial charge in [-0.3, -0.25) is 4.79 Å². The van der Waals surface area contributed by atoms with Gasteiger partial charge in [-0.05, 0) is 17.7 Å². The minimum absolute atomic E-state index is 0.0368. The van der Waals surface area contributed by atoms with Crippen LogP contribution in [0.2, 0.25) is 0 Å². The van der Waals surface area contributed by atoms with Crippen LogP contribution >= 0.6 is 0 Å². The van der Waals surface area contributed by atoms with Crippen LogP contribution in [0.25, 0.3) is 0 Å². The predicted octanol–water partition coefficient (Wildman–Crippen LogP) is 1.24. The first-order valence-corrected chi connectivity index (χ1v) is 5.43. The van der Waals surface area contributed by atoms with E-state index < -0.39 is 24.2 Å². The van der Waals surface area contributed by atoms with Crippen molar-refractivity contribution in [2.24, 2.45) is 0 Å². The van der Waals surface area contributed by atoms with E-state index in [1.54, 1.807) is 0 Å². The summed E-state index contributed by atoms with van der Waals surface area (Å²) in [5.74, 6) is -2.79. The summed E-state index contributed by atoms with van der Waals surface area (Å²) < 4.78 is 28.5. The van der Waals surface area contributed by atoms with Crippen LogP contribution in [0.4, 0.5) is 4.39 Å². The largest absolute Gasteiger partial charge is 0.477 e. The molecule has 0 saturated heterocycles. The van der Waals surface area contributed by atoms with E-state index in [1.807, 2.05) is 0 Å². The minimum Gasteiger partial charge on any atom is -0.477 e. The summed E-state index contributed by atoms with van der Waals surface area (Å²) in [7, 11) is 0. The monoisotopic (exact) mass is 277 g/mol. The number of carboxylic acid groups (broad SMARTS) is 1. The number of nitrogens with zero attached hydrogens (tertiary/aromatic N) is 2. The fourth-order valence-electron chi connectivity index (χ4n) is 1.32. The van der Waals surface area contributed by atoms with E-state index in [2.05, 4.69) is 15.3 Å². The lowest BCUT2D eigenvalue weighted by Gasteiger charge is -2.05.